The largest absolute Gasteiger partial charge is 0.356 e. The van der Waals surface area contributed by atoms with Crippen molar-refractivity contribution in [3.63, 3.8) is 0 Å². The quantitative estimate of drug-likeness (QED) is 0.610. The Hall–Kier alpha value is -2.73. The Labute approximate surface area is 152 Å². The van der Waals surface area contributed by atoms with Crippen molar-refractivity contribution in [3.05, 3.63) is 47.5 Å². The van der Waals surface area contributed by atoms with Gasteiger partial charge < -0.3 is 10.2 Å². The van der Waals surface area contributed by atoms with E-state index in [2.05, 4.69) is 10.2 Å². The maximum absolute atomic E-state index is 12.7. The highest BCUT2D eigenvalue weighted by atomic mass is 16.2. The maximum Gasteiger partial charge on any atom is 0.261 e. The van der Waals surface area contributed by atoms with Gasteiger partial charge in [-0.2, -0.15) is 0 Å². The predicted octanol–water partition coefficient (Wildman–Crippen LogP) is 1.89. The van der Waals surface area contributed by atoms with Crippen molar-refractivity contribution in [3.8, 4) is 0 Å². The molecule has 1 heterocycles. The van der Waals surface area contributed by atoms with Crippen LogP contribution in [0, 0.1) is 0 Å². The van der Waals surface area contributed by atoms with Gasteiger partial charge in [-0.3, -0.25) is 19.3 Å². The Kier molecular flexibility index (Phi) is 5.32. The molecule has 0 aromatic heterocycles. The van der Waals surface area contributed by atoms with E-state index in [9.17, 15) is 14.4 Å². The summed E-state index contributed by atoms with van der Waals surface area (Å²) >= 11 is 0. The van der Waals surface area contributed by atoms with Crippen LogP contribution in [0.5, 0.6) is 0 Å². The standard InChI is InChI=1S/C20H23N3O3/c1-22(2)12-5-11-21-17(24)10-13-23-19(25)15-8-3-6-14-7-4-9-16(18(14)15)20(23)26/h3-4,6-9H,5,10-13H2,1-2H3,(H,21,24). The number of hydrogen-bond donors (Lipinski definition) is 1. The van der Waals surface area contributed by atoms with Crippen LogP contribution in [0.1, 0.15) is 33.6 Å². The van der Waals surface area contributed by atoms with Crippen molar-refractivity contribution < 1.29 is 14.4 Å². The molecule has 6 nitrogen and oxygen atoms in total. The van der Waals surface area contributed by atoms with E-state index >= 15 is 0 Å². The summed E-state index contributed by atoms with van der Waals surface area (Å²) in [5.74, 6) is -0.819. The molecule has 26 heavy (non-hydrogen) atoms. The highest BCUT2D eigenvalue weighted by Gasteiger charge is 2.32. The van der Waals surface area contributed by atoms with E-state index in [-0.39, 0.29) is 30.7 Å². The number of benzene rings is 2. The Balaban J connectivity index is 1.66. The molecule has 3 rings (SSSR count). The molecule has 2 aromatic carbocycles. The SMILES string of the molecule is CN(C)CCCNC(=O)CCN1C(=O)c2cccc3cccc(c23)C1=O. The van der Waals surface area contributed by atoms with Gasteiger partial charge in [-0.25, -0.2) is 0 Å². The minimum absolute atomic E-state index is 0.0852. The molecular weight excluding hydrogens is 330 g/mol. The number of imide groups is 1. The van der Waals surface area contributed by atoms with Crippen LogP contribution in [-0.4, -0.2) is 61.3 Å². The summed E-state index contributed by atoms with van der Waals surface area (Å²) in [6.45, 7) is 1.56. The second-order valence-electron chi connectivity index (χ2n) is 6.73. The summed E-state index contributed by atoms with van der Waals surface area (Å²) in [7, 11) is 3.96. The second-order valence-corrected chi connectivity index (χ2v) is 6.73. The third kappa shape index (κ3) is 3.60. The monoisotopic (exact) mass is 353 g/mol. The molecule has 136 valence electrons. The topological polar surface area (TPSA) is 69.7 Å². The number of carbonyl (C=O) groups is 3. The van der Waals surface area contributed by atoms with E-state index in [0.717, 1.165) is 18.4 Å². The summed E-state index contributed by atoms with van der Waals surface area (Å²) in [6.07, 6.45) is 0.966. The fourth-order valence-corrected chi connectivity index (χ4v) is 3.21. The van der Waals surface area contributed by atoms with E-state index in [1.54, 1.807) is 12.1 Å². The van der Waals surface area contributed by atoms with E-state index < -0.39 is 0 Å². The van der Waals surface area contributed by atoms with Gasteiger partial charge in [0.25, 0.3) is 11.8 Å². The smallest absolute Gasteiger partial charge is 0.261 e. The van der Waals surface area contributed by atoms with Crippen molar-refractivity contribution in [2.75, 3.05) is 33.7 Å². The Morgan fingerprint density at radius 2 is 1.65 bits per heavy atom. The van der Waals surface area contributed by atoms with Gasteiger partial charge in [-0.15, -0.1) is 0 Å². The van der Waals surface area contributed by atoms with Gasteiger partial charge in [-0.05, 0) is 44.6 Å². The number of hydrogen-bond acceptors (Lipinski definition) is 4. The Bertz CT molecular complexity index is 810. The van der Waals surface area contributed by atoms with E-state index in [1.807, 2.05) is 38.4 Å². The first kappa shape index (κ1) is 18.1. The molecule has 0 spiro atoms. The molecule has 0 bridgehead atoms. The Morgan fingerprint density at radius 3 is 2.23 bits per heavy atom. The lowest BCUT2D eigenvalue weighted by Gasteiger charge is -2.27. The number of amides is 3. The molecule has 0 atom stereocenters. The minimum atomic E-state index is -0.334. The van der Waals surface area contributed by atoms with Crippen molar-refractivity contribution in [2.24, 2.45) is 0 Å². The summed E-state index contributed by atoms with van der Waals surface area (Å²) in [5, 5.41) is 4.41. The van der Waals surface area contributed by atoms with Crippen LogP contribution in [-0.2, 0) is 4.79 Å². The Morgan fingerprint density at radius 1 is 1.04 bits per heavy atom. The lowest BCUT2D eigenvalue weighted by Crippen LogP contribution is -2.42. The van der Waals surface area contributed by atoms with Crippen LogP contribution in [0.3, 0.4) is 0 Å². The minimum Gasteiger partial charge on any atom is -0.356 e. The van der Waals surface area contributed by atoms with Crippen LogP contribution in [0.15, 0.2) is 36.4 Å². The first-order chi connectivity index (χ1) is 12.5. The average molecular weight is 353 g/mol. The van der Waals surface area contributed by atoms with Gasteiger partial charge in [0.15, 0.2) is 0 Å². The highest BCUT2D eigenvalue weighted by Crippen LogP contribution is 2.29. The summed E-state index contributed by atoms with van der Waals surface area (Å²) in [5.41, 5.74) is 1.04. The summed E-state index contributed by atoms with van der Waals surface area (Å²) in [4.78, 5) is 40.7. The van der Waals surface area contributed by atoms with E-state index in [0.29, 0.717) is 23.1 Å². The molecule has 1 aliphatic heterocycles. The number of nitrogens with zero attached hydrogens (tertiary/aromatic N) is 2. The zero-order chi connectivity index (χ0) is 18.7. The molecule has 0 saturated heterocycles. The molecule has 2 aromatic rings. The molecule has 6 heteroatoms. The average Bonchev–Trinajstić information content (AvgIpc) is 2.63. The molecule has 0 saturated carbocycles. The zero-order valence-corrected chi connectivity index (χ0v) is 15.1. The van der Waals surface area contributed by atoms with Crippen molar-refractivity contribution in [1.82, 2.24) is 15.1 Å². The zero-order valence-electron chi connectivity index (χ0n) is 15.1. The number of carbonyl (C=O) groups excluding carboxylic acids is 3. The lowest BCUT2D eigenvalue weighted by atomic mass is 9.94. The third-order valence-corrected chi connectivity index (χ3v) is 4.52. The van der Waals surface area contributed by atoms with Gasteiger partial charge in [0, 0.05) is 36.0 Å². The van der Waals surface area contributed by atoms with Crippen molar-refractivity contribution in [2.45, 2.75) is 12.8 Å². The van der Waals surface area contributed by atoms with Gasteiger partial charge >= 0.3 is 0 Å². The first-order valence-electron chi connectivity index (χ1n) is 8.78. The number of nitrogens with one attached hydrogen (secondary N) is 1. The van der Waals surface area contributed by atoms with Gasteiger partial charge in [0.2, 0.25) is 5.91 Å². The van der Waals surface area contributed by atoms with Crippen LogP contribution >= 0.6 is 0 Å². The van der Waals surface area contributed by atoms with E-state index in [1.165, 1.54) is 4.90 Å². The summed E-state index contributed by atoms with van der Waals surface area (Å²) in [6, 6.07) is 10.9. The molecule has 0 aliphatic carbocycles. The predicted molar refractivity (Wildman–Crippen MR) is 100 cm³/mol. The van der Waals surface area contributed by atoms with Crippen molar-refractivity contribution in [1.29, 1.82) is 0 Å². The fraction of sp³-hybridized carbons (Fsp3) is 0.350. The first-order valence-corrected chi connectivity index (χ1v) is 8.78. The molecule has 3 amide bonds. The second kappa shape index (κ2) is 7.66. The molecule has 0 unspecified atom stereocenters. The fourth-order valence-electron chi connectivity index (χ4n) is 3.21. The van der Waals surface area contributed by atoms with Crippen LogP contribution in [0.4, 0.5) is 0 Å². The molecule has 1 N–H and O–H groups in total. The van der Waals surface area contributed by atoms with Gasteiger partial charge in [-0.1, -0.05) is 24.3 Å². The molecular formula is C20H23N3O3. The van der Waals surface area contributed by atoms with Gasteiger partial charge in [0.1, 0.15) is 0 Å². The molecule has 0 radical (unpaired) electrons. The third-order valence-electron chi connectivity index (χ3n) is 4.52. The van der Waals surface area contributed by atoms with E-state index in [4.69, 9.17) is 0 Å². The van der Waals surface area contributed by atoms with Crippen LogP contribution in [0.2, 0.25) is 0 Å². The maximum atomic E-state index is 12.7. The number of rotatable bonds is 7. The normalized spacial score (nSPS) is 13.6. The molecule has 1 aliphatic rings. The van der Waals surface area contributed by atoms with Crippen LogP contribution < -0.4 is 5.32 Å². The van der Waals surface area contributed by atoms with Crippen molar-refractivity contribution >= 4 is 28.5 Å². The summed E-state index contributed by atoms with van der Waals surface area (Å²) < 4.78 is 0. The lowest BCUT2D eigenvalue weighted by molar-refractivity contribution is -0.121. The van der Waals surface area contributed by atoms with Gasteiger partial charge in [0.05, 0.1) is 0 Å². The molecule has 0 fully saturated rings. The highest BCUT2D eigenvalue weighted by molar-refractivity contribution is 6.25. The van der Waals surface area contributed by atoms with Crippen LogP contribution in [0.25, 0.3) is 10.8 Å².